The highest BCUT2D eigenvalue weighted by atomic mass is 35.5. The molecule has 1 N–H and O–H groups in total. The molecule has 2 aromatic carbocycles. The molecule has 0 aliphatic carbocycles. The number of halogens is 2. The van der Waals surface area contributed by atoms with E-state index in [0.717, 1.165) is 5.56 Å². The molecule has 5 nitrogen and oxygen atoms in total. The number of aliphatic imine (C=N–C) groups is 1. The van der Waals surface area contributed by atoms with Crippen molar-refractivity contribution < 1.29 is 9.36 Å². The Morgan fingerprint density at radius 1 is 1.00 bits per heavy atom. The number of amidine groups is 1. The monoisotopic (exact) mass is 371 g/mol. The topological polar surface area (TPSA) is 59.7 Å². The first-order chi connectivity index (χ1) is 12.1. The molecular weight excluding hydrogens is 361 g/mol. The van der Waals surface area contributed by atoms with E-state index in [0.29, 0.717) is 43.7 Å². The lowest BCUT2D eigenvalue weighted by Crippen LogP contribution is -2.24. The zero-order valence-electron chi connectivity index (χ0n) is 12.8. The Bertz CT molecular complexity index is 1090. The standard InChI is InChI=1S/C18H11Cl2N3O2/c1-10-15(16(22-24-10)13-4-2-3-5-14(13)20)18-21-17(23-25-18)11-6-8-12(19)9-7-11/h2-9H,1H2,(H,21,23). The fourth-order valence-corrected chi connectivity index (χ4v) is 2.81. The second-order valence-electron chi connectivity index (χ2n) is 5.29. The van der Waals surface area contributed by atoms with Crippen LogP contribution in [0.1, 0.15) is 5.56 Å². The van der Waals surface area contributed by atoms with Crippen molar-refractivity contribution in [2.75, 3.05) is 0 Å². The average Bonchev–Trinajstić information content (AvgIpc) is 3.23. The third-order valence-corrected chi connectivity index (χ3v) is 4.26. The highest BCUT2D eigenvalue weighted by molar-refractivity contribution is 6.33. The van der Waals surface area contributed by atoms with Crippen LogP contribution in [0.5, 0.6) is 0 Å². The predicted octanol–water partition coefficient (Wildman–Crippen LogP) is 3.11. The quantitative estimate of drug-likeness (QED) is 0.751. The van der Waals surface area contributed by atoms with Crippen LogP contribution < -0.4 is 16.1 Å². The summed E-state index contributed by atoms with van der Waals surface area (Å²) >= 11 is 12.2. The van der Waals surface area contributed by atoms with Crippen molar-refractivity contribution >= 4 is 41.5 Å². The maximum atomic E-state index is 6.27. The zero-order valence-corrected chi connectivity index (χ0v) is 14.3. The number of hydrogen-bond acceptors (Lipinski definition) is 5. The third kappa shape index (κ3) is 2.88. The first kappa shape index (κ1) is 15.7. The molecule has 0 saturated heterocycles. The Morgan fingerprint density at radius 3 is 2.52 bits per heavy atom. The molecule has 0 saturated carbocycles. The van der Waals surface area contributed by atoms with Gasteiger partial charge in [0.1, 0.15) is 10.9 Å². The molecule has 3 aromatic rings. The highest BCUT2D eigenvalue weighted by Crippen LogP contribution is 2.24. The Labute approximate surface area is 152 Å². The molecule has 124 valence electrons. The van der Waals surface area contributed by atoms with Crippen molar-refractivity contribution in [2.45, 2.75) is 0 Å². The summed E-state index contributed by atoms with van der Waals surface area (Å²) in [4.78, 5) is 10.0. The fraction of sp³-hybridized carbons (Fsp3) is 0. The van der Waals surface area contributed by atoms with Gasteiger partial charge in [0.2, 0.25) is 0 Å². The molecule has 0 radical (unpaired) electrons. The van der Waals surface area contributed by atoms with Crippen LogP contribution in [0.4, 0.5) is 0 Å². The highest BCUT2D eigenvalue weighted by Gasteiger charge is 2.20. The lowest BCUT2D eigenvalue weighted by Gasteiger charge is -2.00. The van der Waals surface area contributed by atoms with E-state index >= 15 is 0 Å². The lowest BCUT2D eigenvalue weighted by molar-refractivity contribution is 0.229. The van der Waals surface area contributed by atoms with Crippen molar-refractivity contribution in [1.29, 1.82) is 0 Å². The van der Waals surface area contributed by atoms with Gasteiger partial charge in [0.25, 0.3) is 5.88 Å². The molecule has 0 amide bonds. The van der Waals surface area contributed by atoms with E-state index in [4.69, 9.17) is 32.6 Å². The van der Waals surface area contributed by atoms with Gasteiger partial charge in [0, 0.05) is 16.1 Å². The normalized spacial score (nSPS) is 15.5. The molecule has 0 spiro atoms. The van der Waals surface area contributed by atoms with Gasteiger partial charge in [-0.25, -0.2) is 5.48 Å². The van der Waals surface area contributed by atoms with Crippen LogP contribution in [0.25, 0.3) is 23.7 Å². The summed E-state index contributed by atoms with van der Waals surface area (Å²) in [7, 11) is 0. The predicted molar refractivity (Wildman–Crippen MR) is 97.3 cm³/mol. The molecule has 1 aromatic heterocycles. The second-order valence-corrected chi connectivity index (χ2v) is 6.13. The van der Waals surface area contributed by atoms with Crippen molar-refractivity contribution in [3.63, 3.8) is 0 Å². The third-order valence-electron chi connectivity index (χ3n) is 3.68. The van der Waals surface area contributed by atoms with Crippen LogP contribution >= 0.6 is 23.2 Å². The Hall–Kier alpha value is -2.76. The summed E-state index contributed by atoms with van der Waals surface area (Å²) < 4.78 is 5.24. The summed E-state index contributed by atoms with van der Waals surface area (Å²) in [5, 5.41) is 5.80. The van der Waals surface area contributed by atoms with E-state index in [2.05, 4.69) is 22.2 Å². The lowest BCUT2D eigenvalue weighted by atomic mass is 10.1. The molecule has 0 unspecified atom stereocenters. The van der Waals surface area contributed by atoms with Gasteiger partial charge in [0.05, 0.1) is 5.02 Å². The van der Waals surface area contributed by atoms with Gasteiger partial charge in [-0.1, -0.05) is 53.1 Å². The number of nitrogens with one attached hydrogen (secondary N) is 1. The van der Waals surface area contributed by atoms with Gasteiger partial charge in [0.15, 0.2) is 11.3 Å². The van der Waals surface area contributed by atoms with Gasteiger partial charge >= 0.3 is 0 Å². The van der Waals surface area contributed by atoms with Crippen LogP contribution in [-0.2, 0) is 4.84 Å². The molecular formula is C18H11Cl2N3O2. The fourth-order valence-electron chi connectivity index (χ4n) is 2.46. The van der Waals surface area contributed by atoms with E-state index in [1.807, 2.05) is 30.3 Å². The summed E-state index contributed by atoms with van der Waals surface area (Å²) in [5.74, 6) is 0.864. The van der Waals surface area contributed by atoms with E-state index in [-0.39, 0.29) is 0 Å². The van der Waals surface area contributed by atoms with Gasteiger partial charge in [-0.3, -0.25) is 0 Å². The van der Waals surface area contributed by atoms with Crippen molar-refractivity contribution in [2.24, 2.45) is 4.99 Å². The maximum absolute atomic E-state index is 6.27. The number of aromatic nitrogens is 1. The summed E-state index contributed by atoms with van der Waals surface area (Å²) in [5.41, 5.74) is 5.20. The van der Waals surface area contributed by atoms with Crippen LogP contribution in [0.2, 0.25) is 10.0 Å². The molecule has 1 aliphatic heterocycles. The molecule has 25 heavy (non-hydrogen) atoms. The Morgan fingerprint density at radius 2 is 1.76 bits per heavy atom. The van der Waals surface area contributed by atoms with Crippen LogP contribution in [0.15, 0.2) is 58.0 Å². The van der Waals surface area contributed by atoms with E-state index in [9.17, 15) is 0 Å². The Kier molecular flexibility index (Phi) is 3.95. The zero-order chi connectivity index (χ0) is 17.4. The largest absolute Gasteiger partial charge is 0.359 e. The molecule has 4 rings (SSSR count). The molecule has 0 fully saturated rings. The van der Waals surface area contributed by atoms with E-state index in [1.165, 1.54) is 0 Å². The van der Waals surface area contributed by atoms with Gasteiger partial charge in [-0.15, -0.1) is 0 Å². The molecule has 7 heteroatoms. The molecule has 0 atom stereocenters. The smallest absolute Gasteiger partial charge is 0.261 e. The minimum atomic E-state index is 0.311. The first-order valence-corrected chi connectivity index (χ1v) is 8.10. The number of hydrogen-bond donors (Lipinski definition) is 1. The van der Waals surface area contributed by atoms with Crippen LogP contribution in [-0.4, -0.2) is 11.0 Å². The van der Waals surface area contributed by atoms with Crippen molar-refractivity contribution in [1.82, 2.24) is 10.6 Å². The van der Waals surface area contributed by atoms with E-state index < -0.39 is 0 Å². The first-order valence-electron chi connectivity index (χ1n) is 7.35. The number of hydroxylamine groups is 1. The number of benzene rings is 2. The number of rotatable bonds is 2. The minimum absolute atomic E-state index is 0.311. The van der Waals surface area contributed by atoms with Crippen LogP contribution in [0, 0.1) is 0 Å². The molecule has 2 heterocycles. The molecule has 1 aliphatic rings. The maximum Gasteiger partial charge on any atom is 0.261 e. The second kappa shape index (κ2) is 6.27. The van der Waals surface area contributed by atoms with Crippen LogP contribution in [0.3, 0.4) is 0 Å². The Balaban J connectivity index is 1.88. The van der Waals surface area contributed by atoms with Crippen molar-refractivity contribution in [3.05, 3.63) is 74.8 Å². The summed E-state index contributed by atoms with van der Waals surface area (Å²) in [6, 6.07) is 14.6. The summed E-state index contributed by atoms with van der Waals surface area (Å²) in [6.07, 6.45) is 0. The average molecular weight is 372 g/mol. The molecule has 0 bridgehead atoms. The van der Waals surface area contributed by atoms with Gasteiger partial charge in [-0.05, 0) is 30.3 Å². The van der Waals surface area contributed by atoms with Crippen molar-refractivity contribution in [3.8, 4) is 11.3 Å². The van der Waals surface area contributed by atoms with E-state index in [1.54, 1.807) is 18.2 Å². The number of nitrogens with zero attached hydrogens (tertiary/aromatic N) is 2. The van der Waals surface area contributed by atoms with Gasteiger partial charge < -0.3 is 9.36 Å². The van der Waals surface area contributed by atoms with Gasteiger partial charge in [-0.2, -0.15) is 4.99 Å². The summed E-state index contributed by atoms with van der Waals surface area (Å²) in [6.45, 7) is 3.86. The minimum Gasteiger partial charge on any atom is -0.359 e. The SMILES string of the molecule is C=c1onc(-c2ccccc2Cl)c1=C1N=C(c2ccc(Cl)cc2)NO1.